The van der Waals surface area contributed by atoms with Crippen molar-refractivity contribution in [2.45, 2.75) is 63.8 Å². The molecule has 3 atom stereocenters. The molecule has 0 amide bonds. The molecule has 0 saturated carbocycles. The van der Waals surface area contributed by atoms with Gasteiger partial charge in [-0.1, -0.05) is 0 Å². The van der Waals surface area contributed by atoms with Crippen LogP contribution in [0.5, 0.6) is 5.88 Å². The van der Waals surface area contributed by atoms with E-state index < -0.39 is 0 Å². The minimum absolute atomic E-state index is 0.00999. The Balaban J connectivity index is 1.38. The number of pyridine rings is 1. The third-order valence-corrected chi connectivity index (χ3v) is 6.29. The number of piperidine rings is 1. The Morgan fingerprint density at radius 2 is 1.81 bits per heavy atom. The molecule has 8 nitrogen and oxygen atoms in total. The van der Waals surface area contributed by atoms with Crippen LogP contribution in [0.1, 0.15) is 39.5 Å². The molecule has 1 unspecified atom stereocenters. The van der Waals surface area contributed by atoms with Crippen LogP contribution in [0.3, 0.4) is 0 Å². The summed E-state index contributed by atoms with van der Waals surface area (Å²) in [5.41, 5.74) is 3.31. The van der Waals surface area contributed by atoms with E-state index in [0.29, 0.717) is 24.0 Å². The first-order valence-corrected chi connectivity index (χ1v) is 11.1. The van der Waals surface area contributed by atoms with Gasteiger partial charge in [0, 0.05) is 42.5 Å². The lowest BCUT2D eigenvalue weighted by Gasteiger charge is -2.36. The molecular weight excluding hydrogens is 390 g/mol. The van der Waals surface area contributed by atoms with Crippen LogP contribution in [0.15, 0.2) is 36.7 Å². The van der Waals surface area contributed by atoms with Gasteiger partial charge in [0.2, 0.25) is 5.88 Å². The summed E-state index contributed by atoms with van der Waals surface area (Å²) < 4.78 is 5.98. The maximum Gasteiger partial charge on any atom is 0.222 e. The lowest BCUT2D eigenvalue weighted by atomic mass is 9.98. The first-order chi connectivity index (χ1) is 15.1. The van der Waals surface area contributed by atoms with Crippen molar-refractivity contribution in [3.63, 3.8) is 0 Å². The summed E-state index contributed by atoms with van der Waals surface area (Å²) in [5, 5.41) is 19.6. The lowest BCUT2D eigenvalue weighted by Crippen LogP contribution is -2.47. The zero-order chi connectivity index (χ0) is 21.4. The number of aromatic nitrogens is 5. The van der Waals surface area contributed by atoms with E-state index in [4.69, 9.17) is 9.72 Å². The summed E-state index contributed by atoms with van der Waals surface area (Å²) in [6, 6.07) is 9.79. The number of nitrogens with zero attached hydrogens (tertiary/aromatic N) is 5. The fourth-order valence-electron chi connectivity index (χ4n) is 4.69. The minimum atomic E-state index is 0.00999. The first-order valence-electron chi connectivity index (χ1n) is 11.1. The molecular formula is C23H29N7O. The Kier molecular flexibility index (Phi) is 5.31. The number of H-pyrrole nitrogens is 1. The zero-order valence-corrected chi connectivity index (χ0v) is 18.2. The second-order valence-corrected chi connectivity index (χ2v) is 8.85. The molecule has 8 heteroatoms. The molecule has 5 rings (SSSR count). The van der Waals surface area contributed by atoms with Crippen molar-refractivity contribution in [1.82, 2.24) is 30.7 Å². The van der Waals surface area contributed by atoms with Crippen molar-refractivity contribution < 1.29 is 4.74 Å². The Hall–Kier alpha value is -3.00. The third-order valence-electron chi connectivity index (χ3n) is 6.29. The molecule has 2 bridgehead atoms. The maximum absolute atomic E-state index is 5.98. The smallest absolute Gasteiger partial charge is 0.222 e. The first kappa shape index (κ1) is 19.9. The van der Waals surface area contributed by atoms with Crippen LogP contribution in [-0.4, -0.2) is 56.7 Å². The standard InChI is InChI=1S/C23H29N7O/c1-14(2)31-23-19(15-12-24-25-13-15)6-7-20(27-23)21-8-9-22(29-28-21)30(3)18-10-16-4-5-17(11-18)26-16/h6-9,12-14,16-18,26H,4-5,10-11H2,1-3H3,(H,24,25)/t16-,17+,18?. The molecule has 2 N–H and O–H groups in total. The predicted molar refractivity (Wildman–Crippen MR) is 120 cm³/mol. The SMILES string of the molecule is CC(C)Oc1nc(-c2ccc(N(C)C3C[C@H]4CC[C@@H](C3)N4)nn2)ccc1-c1cn[nH]c1. The predicted octanol–water partition coefficient (Wildman–Crippen LogP) is 3.44. The number of anilines is 1. The molecule has 2 saturated heterocycles. The van der Waals surface area contributed by atoms with Crippen LogP contribution in [0.25, 0.3) is 22.5 Å². The molecule has 3 aromatic heterocycles. The van der Waals surface area contributed by atoms with Crippen LogP contribution in [0.4, 0.5) is 5.82 Å². The van der Waals surface area contributed by atoms with E-state index in [-0.39, 0.29) is 6.10 Å². The normalized spacial score (nSPS) is 22.6. The average Bonchev–Trinajstić information content (AvgIpc) is 3.42. The molecule has 2 fully saturated rings. The molecule has 0 radical (unpaired) electrons. The van der Waals surface area contributed by atoms with E-state index in [2.05, 4.69) is 37.7 Å². The molecule has 31 heavy (non-hydrogen) atoms. The Labute approximate surface area is 182 Å². The van der Waals surface area contributed by atoms with Crippen molar-refractivity contribution >= 4 is 5.82 Å². The highest BCUT2D eigenvalue weighted by Gasteiger charge is 2.35. The van der Waals surface area contributed by atoms with E-state index in [1.165, 1.54) is 25.7 Å². The highest BCUT2D eigenvalue weighted by Crippen LogP contribution is 2.33. The summed E-state index contributed by atoms with van der Waals surface area (Å²) in [7, 11) is 2.13. The molecule has 2 aliphatic heterocycles. The topological polar surface area (TPSA) is 91.8 Å². The van der Waals surface area contributed by atoms with Crippen LogP contribution in [0, 0.1) is 0 Å². The minimum Gasteiger partial charge on any atom is -0.474 e. The summed E-state index contributed by atoms with van der Waals surface area (Å²) >= 11 is 0. The number of hydrogen-bond acceptors (Lipinski definition) is 7. The fourth-order valence-corrected chi connectivity index (χ4v) is 4.69. The van der Waals surface area contributed by atoms with E-state index >= 15 is 0 Å². The molecule has 162 valence electrons. The molecule has 5 heterocycles. The van der Waals surface area contributed by atoms with Gasteiger partial charge < -0.3 is 15.0 Å². The van der Waals surface area contributed by atoms with E-state index in [1.807, 2.05) is 44.3 Å². The Bertz CT molecular complexity index is 1010. The molecule has 0 aromatic carbocycles. The highest BCUT2D eigenvalue weighted by molar-refractivity contribution is 5.70. The van der Waals surface area contributed by atoms with Gasteiger partial charge in [-0.05, 0) is 63.8 Å². The average molecular weight is 420 g/mol. The van der Waals surface area contributed by atoms with Crippen molar-refractivity contribution in [3.8, 4) is 28.4 Å². The van der Waals surface area contributed by atoms with Crippen LogP contribution >= 0.6 is 0 Å². The summed E-state index contributed by atoms with van der Waals surface area (Å²) in [6.45, 7) is 3.98. The van der Waals surface area contributed by atoms with Gasteiger partial charge in [-0.2, -0.15) is 5.10 Å². The third kappa shape index (κ3) is 4.12. The van der Waals surface area contributed by atoms with Crippen molar-refractivity contribution in [1.29, 1.82) is 0 Å². The summed E-state index contributed by atoms with van der Waals surface area (Å²) in [6.07, 6.45) is 8.53. The van der Waals surface area contributed by atoms with Gasteiger partial charge in [-0.15, -0.1) is 10.2 Å². The number of aromatic amines is 1. The largest absolute Gasteiger partial charge is 0.474 e. The molecule has 0 aliphatic carbocycles. The van der Waals surface area contributed by atoms with Crippen molar-refractivity contribution in [2.75, 3.05) is 11.9 Å². The number of ether oxygens (including phenoxy) is 1. The molecule has 0 spiro atoms. The fraction of sp³-hybridized carbons (Fsp3) is 0.478. The Morgan fingerprint density at radius 1 is 1.03 bits per heavy atom. The van der Waals surface area contributed by atoms with E-state index in [0.717, 1.165) is 28.3 Å². The maximum atomic E-state index is 5.98. The number of hydrogen-bond donors (Lipinski definition) is 2. The van der Waals surface area contributed by atoms with Gasteiger partial charge in [0.15, 0.2) is 5.82 Å². The molecule has 2 aliphatic rings. The van der Waals surface area contributed by atoms with Crippen LogP contribution in [0.2, 0.25) is 0 Å². The quantitative estimate of drug-likeness (QED) is 0.632. The van der Waals surface area contributed by atoms with Crippen LogP contribution < -0.4 is 15.0 Å². The second kappa shape index (κ2) is 8.26. The van der Waals surface area contributed by atoms with Gasteiger partial charge in [0.25, 0.3) is 0 Å². The summed E-state index contributed by atoms with van der Waals surface area (Å²) in [4.78, 5) is 7.03. The van der Waals surface area contributed by atoms with Gasteiger partial charge in [-0.25, -0.2) is 4.98 Å². The van der Waals surface area contributed by atoms with Crippen molar-refractivity contribution in [3.05, 3.63) is 36.7 Å². The van der Waals surface area contributed by atoms with E-state index in [1.54, 1.807) is 6.20 Å². The number of rotatable bonds is 6. The number of fused-ring (bicyclic) bond motifs is 2. The summed E-state index contributed by atoms with van der Waals surface area (Å²) in [5.74, 6) is 1.48. The van der Waals surface area contributed by atoms with Gasteiger partial charge in [-0.3, -0.25) is 5.10 Å². The number of nitrogens with one attached hydrogen (secondary N) is 2. The molecule has 3 aromatic rings. The Morgan fingerprint density at radius 3 is 2.45 bits per heavy atom. The van der Waals surface area contributed by atoms with E-state index in [9.17, 15) is 0 Å². The monoisotopic (exact) mass is 419 g/mol. The lowest BCUT2D eigenvalue weighted by molar-refractivity contribution is 0.234. The van der Waals surface area contributed by atoms with Crippen molar-refractivity contribution in [2.24, 2.45) is 0 Å². The second-order valence-electron chi connectivity index (χ2n) is 8.85. The highest BCUT2D eigenvalue weighted by atomic mass is 16.5. The van der Waals surface area contributed by atoms with Gasteiger partial charge in [0.1, 0.15) is 5.69 Å². The van der Waals surface area contributed by atoms with Gasteiger partial charge in [0.05, 0.1) is 18.0 Å². The van der Waals surface area contributed by atoms with Crippen LogP contribution in [-0.2, 0) is 0 Å². The van der Waals surface area contributed by atoms with Gasteiger partial charge >= 0.3 is 0 Å². The zero-order valence-electron chi connectivity index (χ0n) is 18.2.